The molecule has 2 aliphatic rings. The molecule has 174 valence electrons. The van der Waals surface area contributed by atoms with Crippen LogP contribution in [0.15, 0.2) is 48.5 Å². The number of benzene rings is 2. The first-order chi connectivity index (χ1) is 15.9. The number of ether oxygens (including phenoxy) is 2. The molecule has 0 aromatic heterocycles. The highest BCUT2D eigenvalue weighted by molar-refractivity contribution is 6.10. The predicted molar refractivity (Wildman–Crippen MR) is 123 cm³/mol. The van der Waals surface area contributed by atoms with Crippen LogP contribution in [0.3, 0.4) is 0 Å². The third-order valence-electron chi connectivity index (χ3n) is 6.67. The number of rotatable bonds is 6. The number of piperazine rings is 1. The third kappa shape index (κ3) is 4.01. The number of methoxy groups -OCH3 is 2. The second kappa shape index (κ2) is 9.13. The molecule has 0 saturated carbocycles. The van der Waals surface area contributed by atoms with Crippen LogP contribution in [0.25, 0.3) is 0 Å². The number of anilines is 1. The van der Waals surface area contributed by atoms with Crippen LogP contribution in [-0.4, -0.2) is 75.0 Å². The smallest absolute Gasteiger partial charge is 0.240 e. The number of imide groups is 1. The fraction of sp³-hybridized carbons (Fsp3) is 0.400. The zero-order chi connectivity index (χ0) is 23.6. The zero-order valence-corrected chi connectivity index (χ0v) is 19.2. The van der Waals surface area contributed by atoms with Gasteiger partial charge in [0.1, 0.15) is 11.5 Å². The summed E-state index contributed by atoms with van der Waals surface area (Å²) >= 11 is 0. The molecule has 2 aromatic carbocycles. The van der Waals surface area contributed by atoms with Crippen LogP contribution in [-0.2, 0) is 19.8 Å². The predicted octanol–water partition coefficient (Wildman–Crippen LogP) is 2.07. The van der Waals surface area contributed by atoms with Gasteiger partial charge in [0.15, 0.2) is 0 Å². The molecule has 0 radical (unpaired) electrons. The highest BCUT2D eigenvalue weighted by Gasteiger charge is 2.54. The molecule has 4 rings (SSSR count). The van der Waals surface area contributed by atoms with Crippen LogP contribution < -0.4 is 14.4 Å². The Morgan fingerprint density at radius 2 is 1.52 bits per heavy atom. The average Bonchev–Trinajstić information content (AvgIpc) is 3.07. The van der Waals surface area contributed by atoms with Crippen LogP contribution in [0.2, 0.25) is 0 Å². The van der Waals surface area contributed by atoms with Crippen molar-refractivity contribution in [2.24, 2.45) is 0 Å². The molecule has 2 aliphatic heterocycles. The lowest BCUT2D eigenvalue weighted by Crippen LogP contribution is -2.51. The van der Waals surface area contributed by atoms with Crippen LogP contribution >= 0.6 is 0 Å². The summed E-state index contributed by atoms with van der Waals surface area (Å²) in [4.78, 5) is 44.3. The van der Waals surface area contributed by atoms with Crippen LogP contribution in [0.1, 0.15) is 18.4 Å². The molecular formula is C25H29N3O5. The Bertz CT molecular complexity index is 1060. The molecule has 2 saturated heterocycles. The van der Waals surface area contributed by atoms with E-state index in [-0.39, 0.29) is 30.6 Å². The van der Waals surface area contributed by atoms with Crippen molar-refractivity contribution in [2.45, 2.75) is 18.3 Å². The fourth-order valence-electron chi connectivity index (χ4n) is 4.83. The van der Waals surface area contributed by atoms with Gasteiger partial charge < -0.3 is 19.3 Å². The van der Waals surface area contributed by atoms with E-state index in [2.05, 4.69) is 4.90 Å². The minimum Gasteiger partial charge on any atom is -0.496 e. The van der Waals surface area contributed by atoms with E-state index in [1.54, 1.807) is 36.3 Å². The van der Waals surface area contributed by atoms with Gasteiger partial charge in [-0.25, -0.2) is 0 Å². The first-order valence-corrected chi connectivity index (χ1v) is 11.0. The normalized spacial score (nSPS) is 20.9. The van der Waals surface area contributed by atoms with Gasteiger partial charge in [-0.3, -0.25) is 19.3 Å². The van der Waals surface area contributed by atoms with E-state index in [1.165, 1.54) is 14.2 Å². The van der Waals surface area contributed by atoms with Crippen LogP contribution in [0, 0.1) is 0 Å². The van der Waals surface area contributed by atoms with Gasteiger partial charge in [-0.2, -0.15) is 0 Å². The average molecular weight is 452 g/mol. The largest absolute Gasteiger partial charge is 0.496 e. The van der Waals surface area contributed by atoms with E-state index in [1.807, 2.05) is 24.3 Å². The number of hydrogen-bond donors (Lipinski definition) is 0. The maximum absolute atomic E-state index is 13.4. The maximum Gasteiger partial charge on any atom is 0.240 e. The molecule has 0 bridgehead atoms. The summed E-state index contributed by atoms with van der Waals surface area (Å²) in [5.41, 5.74) is 0.321. The maximum atomic E-state index is 13.4. The lowest BCUT2D eigenvalue weighted by atomic mass is 9.75. The molecule has 2 fully saturated rings. The first-order valence-electron chi connectivity index (χ1n) is 11.0. The minimum absolute atomic E-state index is 0.0460. The van der Waals surface area contributed by atoms with E-state index in [0.717, 1.165) is 16.3 Å². The summed E-state index contributed by atoms with van der Waals surface area (Å²) < 4.78 is 11.0. The van der Waals surface area contributed by atoms with Gasteiger partial charge in [-0.05, 0) is 18.2 Å². The lowest BCUT2D eigenvalue weighted by Gasteiger charge is -2.38. The summed E-state index contributed by atoms with van der Waals surface area (Å²) in [6.45, 7) is 2.36. The fourth-order valence-corrected chi connectivity index (χ4v) is 4.83. The van der Waals surface area contributed by atoms with Crippen molar-refractivity contribution in [3.63, 3.8) is 0 Å². The Morgan fingerprint density at radius 3 is 2.12 bits per heavy atom. The number of likely N-dealkylation sites (N-methyl/N-ethyl adjacent to an activating group) is 1. The Balaban J connectivity index is 1.54. The first kappa shape index (κ1) is 22.6. The monoisotopic (exact) mass is 451 g/mol. The van der Waals surface area contributed by atoms with Crippen molar-refractivity contribution in [3.05, 3.63) is 54.1 Å². The van der Waals surface area contributed by atoms with Crippen LogP contribution in [0.4, 0.5) is 5.69 Å². The summed E-state index contributed by atoms with van der Waals surface area (Å²) in [5.74, 6) is 0.503. The SMILES string of the molecule is COc1ccccc1N1CCN(C(=O)CC2(c3ccccc3OC)CC(=O)N(C)C2=O)CC1. The molecule has 2 aromatic rings. The van der Waals surface area contributed by atoms with Gasteiger partial charge in [0.05, 0.1) is 25.3 Å². The van der Waals surface area contributed by atoms with Gasteiger partial charge in [-0.1, -0.05) is 30.3 Å². The summed E-state index contributed by atoms with van der Waals surface area (Å²) in [7, 11) is 4.64. The Morgan fingerprint density at radius 1 is 0.909 bits per heavy atom. The van der Waals surface area contributed by atoms with Gasteiger partial charge in [0, 0.05) is 51.6 Å². The van der Waals surface area contributed by atoms with Crippen molar-refractivity contribution in [1.29, 1.82) is 0 Å². The molecule has 1 unspecified atom stereocenters. The Kier molecular flexibility index (Phi) is 6.26. The zero-order valence-electron chi connectivity index (χ0n) is 19.2. The van der Waals surface area contributed by atoms with E-state index < -0.39 is 5.41 Å². The second-order valence-corrected chi connectivity index (χ2v) is 8.43. The number of para-hydroxylation sites is 3. The number of carbonyl (C=O) groups excluding carboxylic acids is 3. The molecule has 2 heterocycles. The number of nitrogens with zero attached hydrogens (tertiary/aromatic N) is 3. The van der Waals surface area contributed by atoms with Gasteiger partial charge in [0.2, 0.25) is 17.7 Å². The van der Waals surface area contributed by atoms with Crippen molar-refractivity contribution >= 4 is 23.4 Å². The van der Waals surface area contributed by atoms with Crippen molar-refractivity contribution in [3.8, 4) is 11.5 Å². The quantitative estimate of drug-likeness (QED) is 0.626. The molecule has 8 nitrogen and oxygen atoms in total. The van der Waals surface area contributed by atoms with E-state index in [9.17, 15) is 14.4 Å². The minimum atomic E-state index is -1.25. The molecule has 0 spiro atoms. The molecule has 8 heteroatoms. The van der Waals surface area contributed by atoms with E-state index in [0.29, 0.717) is 37.5 Å². The highest BCUT2D eigenvalue weighted by Crippen LogP contribution is 2.43. The Labute approximate surface area is 193 Å². The number of hydrogen-bond acceptors (Lipinski definition) is 6. The van der Waals surface area contributed by atoms with Crippen molar-refractivity contribution < 1.29 is 23.9 Å². The highest BCUT2D eigenvalue weighted by atomic mass is 16.5. The third-order valence-corrected chi connectivity index (χ3v) is 6.67. The van der Waals surface area contributed by atoms with Crippen molar-refractivity contribution in [1.82, 2.24) is 9.80 Å². The molecule has 0 aliphatic carbocycles. The van der Waals surface area contributed by atoms with Crippen LogP contribution in [0.5, 0.6) is 11.5 Å². The summed E-state index contributed by atoms with van der Waals surface area (Å²) in [6, 6.07) is 14.9. The number of likely N-dealkylation sites (tertiary alicyclic amines) is 1. The van der Waals surface area contributed by atoms with E-state index >= 15 is 0 Å². The molecule has 33 heavy (non-hydrogen) atoms. The second-order valence-electron chi connectivity index (χ2n) is 8.43. The topological polar surface area (TPSA) is 79.4 Å². The lowest BCUT2D eigenvalue weighted by molar-refractivity contribution is -0.141. The molecule has 0 N–H and O–H groups in total. The number of carbonyl (C=O) groups is 3. The standard InChI is InChI=1S/C25H29N3O5/c1-26-22(29)16-25(24(26)31,18-8-4-6-10-20(18)32-2)17-23(30)28-14-12-27(13-15-28)19-9-5-7-11-21(19)33-3/h4-11H,12-17H2,1-3H3. The van der Waals surface area contributed by atoms with Crippen molar-refractivity contribution in [2.75, 3.05) is 52.3 Å². The van der Waals surface area contributed by atoms with E-state index in [4.69, 9.17) is 9.47 Å². The van der Waals surface area contributed by atoms with Gasteiger partial charge >= 0.3 is 0 Å². The van der Waals surface area contributed by atoms with Gasteiger partial charge in [0.25, 0.3) is 0 Å². The summed E-state index contributed by atoms with van der Waals surface area (Å²) in [6.07, 6.45) is -0.118. The molecule has 1 atom stereocenters. The Hall–Kier alpha value is -3.55. The van der Waals surface area contributed by atoms with Gasteiger partial charge in [-0.15, -0.1) is 0 Å². The summed E-state index contributed by atoms with van der Waals surface area (Å²) in [5, 5.41) is 0. The molecular weight excluding hydrogens is 422 g/mol. The number of amides is 3. The molecule has 3 amide bonds.